The van der Waals surface area contributed by atoms with Crippen LogP contribution >= 0.6 is 11.6 Å². The van der Waals surface area contributed by atoms with Crippen molar-refractivity contribution in [2.45, 2.75) is 56.8 Å². The number of hydrogen-bond acceptors (Lipinski definition) is 3. The minimum atomic E-state index is -0.511. The zero-order chi connectivity index (χ0) is 14.2. The SMILES string of the molecule is C[C@@H](O)c1ccc(OC2CCOC3(CCC3)C2)c(Cl)c1. The van der Waals surface area contributed by atoms with Crippen molar-refractivity contribution in [1.29, 1.82) is 0 Å². The summed E-state index contributed by atoms with van der Waals surface area (Å²) in [5.41, 5.74) is 0.888. The van der Waals surface area contributed by atoms with Gasteiger partial charge in [-0.25, -0.2) is 0 Å². The molecular formula is C16H21ClO3. The van der Waals surface area contributed by atoms with Crippen LogP contribution in [0.4, 0.5) is 0 Å². The predicted molar refractivity (Wildman–Crippen MR) is 78.3 cm³/mol. The monoisotopic (exact) mass is 296 g/mol. The zero-order valence-electron chi connectivity index (χ0n) is 11.8. The number of aliphatic hydroxyl groups excluding tert-OH is 1. The summed E-state index contributed by atoms with van der Waals surface area (Å²) in [5.74, 6) is 0.706. The van der Waals surface area contributed by atoms with E-state index in [0.717, 1.165) is 37.9 Å². The summed E-state index contributed by atoms with van der Waals surface area (Å²) in [4.78, 5) is 0. The largest absolute Gasteiger partial charge is 0.489 e. The molecule has 2 atom stereocenters. The Bertz CT molecular complexity index is 483. The first-order valence-electron chi connectivity index (χ1n) is 7.36. The van der Waals surface area contributed by atoms with Gasteiger partial charge in [0.1, 0.15) is 11.9 Å². The lowest BCUT2D eigenvalue weighted by Gasteiger charge is -2.46. The Morgan fingerprint density at radius 1 is 1.45 bits per heavy atom. The van der Waals surface area contributed by atoms with E-state index in [0.29, 0.717) is 10.8 Å². The Morgan fingerprint density at radius 2 is 2.25 bits per heavy atom. The third-order valence-electron chi connectivity index (χ3n) is 4.44. The summed E-state index contributed by atoms with van der Waals surface area (Å²) in [5, 5.41) is 10.1. The number of halogens is 1. The second-order valence-corrected chi connectivity index (χ2v) is 6.39. The molecular weight excluding hydrogens is 276 g/mol. The van der Waals surface area contributed by atoms with Gasteiger partial charge >= 0.3 is 0 Å². The summed E-state index contributed by atoms with van der Waals surface area (Å²) in [6, 6.07) is 5.50. The summed E-state index contributed by atoms with van der Waals surface area (Å²) >= 11 is 6.24. The van der Waals surface area contributed by atoms with Crippen LogP contribution < -0.4 is 4.74 Å². The zero-order valence-corrected chi connectivity index (χ0v) is 12.5. The van der Waals surface area contributed by atoms with Gasteiger partial charge in [-0.2, -0.15) is 0 Å². The molecule has 1 spiro atoms. The maximum atomic E-state index is 9.55. The van der Waals surface area contributed by atoms with E-state index in [1.165, 1.54) is 6.42 Å². The van der Waals surface area contributed by atoms with Gasteiger partial charge < -0.3 is 14.6 Å². The van der Waals surface area contributed by atoms with Crippen molar-refractivity contribution in [2.24, 2.45) is 0 Å². The van der Waals surface area contributed by atoms with Crippen LogP contribution in [-0.4, -0.2) is 23.4 Å². The molecule has 20 heavy (non-hydrogen) atoms. The van der Waals surface area contributed by atoms with Gasteiger partial charge in [0.2, 0.25) is 0 Å². The van der Waals surface area contributed by atoms with Gasteiger partial charge in [0.05, 0.1) is 23.3 Å². The number of ether oxygens (including phenoxy) is 2. The summed E-state index contributed by atoms with van der Waals surface area (Å²) in [6.07, 6.45) is 5.11. The third kappa shape index (κ3) is 2.80. The molecule has 4 heteroatoms. The Kier molecular flexibility index (Phi) is 3.93. The summed E-state index contributed by atoms with van der Waals surface area (Å²) < 4.78 is 12.0. The molecule has 1 aliphatic heterocycles. The predicted octanol–water partition coefficient (Wildman–Crippen LogP) is 3.87. The standard InChI is InChI=1S/C16H21ClO3/c1-11(18)12-3-4-15(14(17)9-12)20-13-5-8-19-16(10-13)6-2-7-16/h3-4,9,11,13,18H,2,5-8,10H2,1H3/t11-,13?/m1/s1. The van der Waals surface area contributed by atoms with Crippen LogP contribution in [0.15, 0.2) is 18.2 Å². The third-order valence-corrected chi connectivity index (χ3v) is 4.74. The molecule has 1 saturated heterocycles. The summed E-state index contributed by atoms with van der Waals surface area (Å²) in [7, 11) is 0. The normalized spacial score (nSPS) is 26.1. The average Bonchev–Trinajstić information content (AvgIpc) is 2.39. The first kappa shape index (κ1) is 14.2. The first-order valence-corrected chi connectivity index (χ1v) is 7.74. The molecule has 3 nitrogen and oxygen atoms in total. The van der Waals surface area contributed by atoms with Crippen LogP contribution in [0.25, 0.3) is 0 Å². The lowest BCUT2D eigenvalue weighted by molar-refractivity contribution is -0.153. The topological polar surface area (TPSA) is 38.7 Å². The number of aliphatic hydroxyl groups is 1. The van der Waals surface area contributed by atoms with E-state index in [4.69, 9.17) is 21.1 Å². The van der Waals surface area contributed by atoms with E-state index >= 15 is 0 Å². The molecule has 0 radical (unpaired) electrons. The van der Waals surface area contributed by atoms with Crippen LogP contribution in [0.5, 0.6) is 5.75 Å². The second-order valence-electron chi connectivity index (χ2n) is 5.98. The molecule has 0 aromatic heterocycles. The van der Waals surface area contributed by atoms with Crippen LogP contribution in [-0.2, 0) is 4.74 Å². The minimum Gasteiger partial charge on any atom is -0.489 e. The van der Waals surface area contributed by atoms with E-state index in [1.807, 2.05) is 12.1 Å². The van der Waals surface area contributed by atoms with Crippen molar-refractivity contribution in [3.05, 3.63) is 28.8 Å². The van der Waals surface area contributed by atoms with Gasteiger partial charge in [-0.1, -0.05) is 17.7 Å². The fraction of sp³-hybridized carbons (Fsp3) is 0.625. The Hall–Kier alpha value is -0.770. The van der Waals surface area contributed by atoms with E-state index < -0.39 is 6.10 Å². The van der Waals surface area contributed by atoms with Crippen LogP contribution in [0, 0.1) is 0 Å². The quantitative estimate of drug-likeness (QED) is 0.920. The molecule has 3 rings (SSSR count). The molecule has 1 unspecified atom stereocenters. The van der Waals surface area contributed by atoms with Gasteiger partial charge in [-0.3, -0.25) is 0 Å². The number of rotatable bonds is 3. The molecule has 2 aliphatic rings. The van der Waals surface area contributed by atoms with E-state index in [2.05, 4.69) is 0 Å². The summed E-state index contributed by atoms with van der Waals surface area (Å²) in [6.45, 7) is 2.50. The minimum absolute atomic E-state index is 0.0783. The van der Waals surface area contributed by atoms with Crippen molar-refractivity contribution in [1.82, 2.24) is 0 Å². The van der Waals surface area contributed by atoms with E-state index in [-0.39, 0.29) is 11.7 Å². The van der Waals surface area contributed by atoms with Gasteiger partial charge in [0.15, 0.2) is 0 Å². The highest BCUT2D eigenvalue weighted by molar-refractivity contribution is 6.32. The lowest BCUT2D eigenvalue weighted by Crippen LogP contribution is -2.48. The smallest absolute Gasteiger partial charge is 0.138 e. The molecule has 1 heterocycles. The second kappa shape index (κ2) is 5.55. The fourth-order valence-corrected chi connectivity index (χ4v) is 3.29. The molecule has 0 amide bonds. The van der Waals surface area contributed by atoms with Gasteiger partial charge in [0, 0.05) is 12.8 Å². The molecule has 110 valence electrons. The highest BCUT2D eigenvalue weighted by Gasteiger charge is 2.43. The van der Waals surface area contributed by atoms with E-state index in [9.17, 15) is 5.11 Å². The first-order chi connectivity index (χ1) is 9.58. The maximum Gasteiger partial charge on any atom is 0.138 e. The highest BCUT2D eigenvalue weighted by atomic mass is 35.5. The van der Waals surface area contributed by atoms with Crippen molar-refractivity contribution in [3.8, 4) is 5.75 Å². The van der Waals surface area contributed by atoms with E-state index in [1.54, 1.807) is 13.0 Å². The van der Waals surface area contributed by atoms with Gasteiger partial charge in [-0.15, -0.1) is 0 Å². The van der Waals surface area contributed by atoms with Gasteiger partial charge in [0.25, 0.3) is 0 Å². The van der Waals surface area contributed by atoms with Crippen LogP contribution in [0.3, 0.4) is 0 Å². The Labute approximate surface area is 124 Å². The molecule has 1 aliphatic carbocycles. The van der Waals surface area contributed by atoms with Crippen molar-refractivity contribution in [2.75, 3.05) is 6.61 Å². The Balaban J connectivity index is 1.68. The molecule has 1 aromatic carbocycles. The van der Waals surface area contributed by atoms with Crippen molar-refractivity contribution < 1.29 is 14.6 Å². The maximum absolute atomic E-state index is 9.55. The molecule has 2 fully saturated rings. The molecule has 1 aromatic rings. The van der Waals surface area contributed by atoms with Crippen LogP contribution in [0.1, 0.15) is 50.7 Å². The average molecular weight is 297 g/mol. The molecule has 1 N–H and O–H groups in total. The van der Waals surface area contributed by atoms with Crippen molar-refractivity contribution >= 4 is 11.6 Å². The van der Waals surface area contributed by atoms with Crippen LogP contribution in [0.2, 0.25) is 5.02 Å². The van der Waals surface area contributed by atoms with Gasteiger partial charge in [-0.05, 0) is 43.9 Å². The Morgan fingerprint density at radius 3 is 2.85 bits per heavy atom. The highest BCUT2D eigenvalue weighted by Crippen LogP contribution is 2.43. The molecule has 1 saturated carbocycles. The number of hydrogen-bond donors (Lipinski definition) is 1. The fourth-order valence-electron chi connectivity index (χ4n) is 3.06. The van der Waals surface area contributed by atoms with Crippen molar-refractivity contribution in [3.63, 3.8) is 0 Å². The lowest BCUT2D eigenvalue weighted by atomic mass is 9.74. The number of benzene rings is 1. The molecule has 0 bridgehead atoms.